The lowest BCUT2D eigenvalue weighted by Crippen LogP contribution is -2.42. The molecule has 2 aliphatic rings. The molecule has 154 valence electrons. The minimum Gasteiger partial charge on any atom is -0.392 e. The van der Waals surface area contributed by atoms with Crippen molar-refractivity contribution in [2.75, 3.05) is 0 Å². The van der Waals surface area contributed by atoms with E-state index in [2.05, 4.69) is 60.9 Å². The highest BCUT2D eigenvalue weighted by Gasteiger charge is 2.45. The third kappa shape index (κ3) is 2.72. The molecule has 0 saturated heterocycles. The summed E-state index contributed by atoms with van der Waals surface area (Å²) in [5.74, 6) is 0.146. The highest BCUT2D eigenvalue weighted by atomic mass is 16.3. The average molecular weight is 400 g/mol. The van der Waals surface area contributed by atoms with Gasteiger partial charge in [0.2, 0.25) is 0 Å². The van der Waals surface area contributed by atoms with E-state index in [4.69, 9.17) is 0 Å². The summed E-state index contributed by atoms with van der Waals surface area (Å²) in [7, 11) is 0. The van der Waals surface area contributed by atoms with Crippen molar-refractivity contribution in [2.24, 2.45) is 5.41 Å². The minimum absolute atomic E-state index is 0.146. The van der Waals surface area contributed by atoms with Crippen molar-refractivity contribution in [1.82, 2.24) is 4.57 Å². The molecular formula is C27H29NO2. The summed E-state index contributed by atoms with van der Waals surface area (Å²) < 4.78 is 2.34. The molecule has 2 aliphatic carbocycles. The number of aliphatic hydroxyl groups is 1. The number of carbonyl (C=O) groups excluding carboxylic acids is 1. The van der Waals surface area contributed by atoms with Gasteiger partial charge in [0.1, 0.15) is 0 Å². The highest BCUT2D eigenvalue weighted by molar-refractivity contribution is 6.13. The Morgan fingerprint density at radius 2 is 1.93 bits per heavy atom. The predicted octanol–water partition coefficient (Wildman–Crippen LogP) is 6.04. The Labute approximate surface area is 177 Å². The number of nitrogens with zero attached hydrogens (tertiary/aromatic N) is 1. The van der Waals surface area contributed by atoms with E-state index < -0.39 is 0 Å². The number of carbonyl (C=O) groups is 1. The summed E-state index contributed by atoms with van der Waals surface area (Å²) in [5.41, 5.74) is 6.04. The Bertz CT molecular complexity index is 1240. The molecule has 0 amide bonds. The molecule has 0 spiro atoms. The van der Waals surface area contributed by atoms with Crippen LogP contribution in [-0.2, 0) is 11.3 Å². The van der Waals surface area contributed by atoms with E-state index in [-0.39, 0.29) is 17.3 Å². The van der Waals surface area contributed by atoms with Crippen LogP contribution < -0.4 is 0 Å². The number of Topliss-reactive ketones (excluding diaryl/α,β-unsaturated/α-hetero) is 1. The largest absolute Gasteiger partial charge is 0.392 e. The van der Waals surface area contributed by atoms with Gasteiger partial charge in [-0.15, -0.1) is 0 Å². The first kappa shape index (κ1) is 19.3. The monoisotopic (exact) mass is 399 g/mol. The maximum absolute atomic E-state index is 13.1. The lowest BCUT2D eigenvalue weighted by Gasteiger charge is -2.45. The smallest absolute Gasteiger partial charge is 0.184 e. The van der Waals surface area contributed by atoms with Crippen molar-refractivity contribution in [3.05, 3.63) is 64.7 Å². The van der Waals surface area contributed by atoms with E-state index in [0.29, 0.717) is 6.42 Å². The zero-order chi connectivity index (χ0) is 21.0. The van der Waals surface area contributed by atoms with Gasteiger partial charge >= 0.3 is 0 Å². The van der Waals surface area contributed by atoms with Crippen LogP contribution in [0.1, 0.15) is 52.0 Å². The van der Waals surface area contributed by atoms with Crippen LogP contribution in [0, 0.1) is 5.41 Å². The molecule has 3 aromatic rings. The Morgan fingerprint density at radius 3 is 2.73 bits per heavy atom. The molecular weight excluding hydrogens is 370 g/mol. The molecule has 3 nitrogen and oxygen atoms in total. The zero-order valence-electron chi connectivity index (χ0n) is 18.0. The normalized spacial score (nSPS) is 26.1. The molecule has 1 aromatic heterocycles. The van der Waals surface area contributed by atoms with Gasteiger partial charge in [-0.2, -0.15) is 0 Å². The molecule has 0 aliphatic heterocycles. The van der Waals surface area contributed by atoms with Gasteiger partial charge in [-0.1, -0.05) is 36.8 Å². The number of aliphatic hydroxyl groups excluding tert-OH is 1. The second-order valence-electron chi connectivity index (χ2n) is 9.14. The molecule has 0 bridgehead atoms. The Balaban J connectivity index is 1.64. The molecule has 3 heteroatoms. The van der Waals surface area contributed by atoms with Crippen molar-refractivity contribution >= 4 is 33.7 Å². The van der Waals surface area contributed by atoms with Crippen LogP contribution in [0.3, 0.4) is 0 Å². The first-order chi connectivity index (χ1) is 14.4. The van der Waals surface area contributed by atoms with Crippen LogP contribution in [0.2, 0.25) is 0 Å². The summed E-state index contributed by atoms with van der Waals surface area (Å²) in [4.78, 5) is 13.1. The summed E-state index contributed by atoms with van der Waals surface area (Å²) in [5, 5.41) is 13.2. The molecule has 1 N–H and O–H groups in total. The van der Waals surface area contributed by atoms with Crippen molar-refractivity contribution in [1.29, 1.82) is 0 Å². The number of aromatic nitrogens is 1. The first-order valence-corrected chi connectivity index (χ1v) is 11.1. The third-order valence-electron chi connectivity index (χ3n) is 7.43. The number of benzene rings is 2. The second-order valence-corrected chi connectivity index (χ2v) is 9.14. The topological polar surface area (TPSA) is 42.2 Å². The van der Waals surface area contributed by atoms with Crippen molar-refractivity contribution in [3.8, 4) is 0 Å². The fourth-order valence-electron chi connectivity index (χ4n) is 5.79. The highest BCUT2D eigenvalue weighted by Crippen LogP contribution is 2.50. The summed E-state index contributed by atoms with van der Waals surface area (Å²) in [6, 6.07) is 15.0. The lowest BCUT2D eigenvalue weighted by molar-refractivity contribution is -0.113. The van der Waals surface area contributed by atoms with E-state index in [0.717, 1.165) is 42.5 Å². The van der Waals surface area contributed by atoms with Crippen LogP contribution in [0.15, 0.2) is 59.2 Å². The molecule has 0 radical (unpaired) electrons. The number of para-hydroxylation sites is 1. The number of aryl methyl sites for hydroxylation is 1. The molecule has 1 fully saturated rings. The average Bonchev–Trinajstić information content (AvgIpc) is 3.06. The van der Waals surface area contributed by atoms with Crippen LogP contribution in [0.5, 0.6) is 0 Å². The third-order valence-corrected chi connectivity index (χ3v) is 7.43. The number of allylic oxidation sites excluding steroid dienone is 2. The zero-order valence-corrected chi connectivity index (χ0v) is 18.0. The summed E-state index contributed by atoms with van der Waals surface area (Å²) in [6.45, 7) is 7.17. The van der Waals surface area contributed by atoms with Gasteiger partial charge in [0.25, 0.3) is 0 Å². The van der Waals surface area contributed by atoms with E-state index in [1.165, 1.54) is 27.4 Å². The Hall–Kier alpha value is -2.65. The quantitative estimate of drug-likeness (QED) is 0.534. The van der Waals surface area contributed by atoms with Gasteiger partial charge < -0.3 is 9.67 Å². The predicted molar refractivity (Wildman–Crippen MR) is 123 cm³/mol. The number of hydrogen-bond acceptors (Lipinski definition) is 2. The Kier molecular flexibility index (Phi) is 4.48. The van der Waals surface area contributed by atoms with Crippen LogP contribution in [-0.4, -0.2) is 21.6 Å². The van der Waals surface area contributed by atoms with Crippen molar-refractivity contribution in [2.45, 2.75) is 59.1 Å². The molecule has 30 heavy (non-hydrogen) atoms. The van der Waals surface area contributed by atoms with Crippen LogP contribution in [0.25, 0.3) is 27.9 Å². The summed E-state index contributed by atoms with van der Waals surface area (Å²) >= 11 is 0. The maximum atomic E-state index is 13.1. The van der Waals surface area contributed by atoms with E-state index in [9.17, 15) is 9.90 Å². The van der Waals surface area contributed by atoms with Gasteiger partial charge in [0.05, 0.1) is 6.10 Å². The van der Waals surface area contributed by atoms with Crippen LogP contribution in [0.4, 0.5) is 0 Å². The first-order valence-electron chi connectivity index (χ1n) is 11.1. The maximum Gasteiger partial charge on any atom is 0.184 e. The van der Waals surface area contributed by atoms with Gasteiger partial charge in [0, 0.05) is 39.3 Å². The van der Waals surface area contributed by atoms with Crippen LogP contribution >= 0.6 is 0 Å². The number of ketones is 1. The fourth-order valence-corrected chi connectivity index (χ4v) is 5.79. The molecule has 5 rings (SSSR count). The van der Waals surface area contributed by atoms with Gasteiger partial charge in [-0.05, 0) is 74.9 Å². The molecule has 2 aromatic carbocycles. The second kappa shape index (κ2) is 6.95. The van der Waals surface area contributed by atoms with Crippen molar-refractivity contribution in [3.63, 3.8) is 0 Å². The van der Waals surface area contributed by atoms with E-state index in [1.807, 2.05) is 13.0 Å². The van der Waals surface area contributed by atoms with E-state index in [1.54, 1.807) is 0 Å². The molecule has 1 heterocycles. The number of hydrogen-bond donors (Lipinski definition) is 1. The fraction of sp³-hybridized carbons (Fsp3) is 0.370. The van der Waals surface area contributed by atoms with Crippen molar-refractivity contribution < 1.29 is 9.90 Å². The van der Waals surface area contributed by atoms with Gasteiger partial charge in [0.15, 0.2) is 5.78 Å². The van der Waals surface area contributed by atoms with E-state index >= 15 is 0 Å². The lowest BCUT2D eigenvalue weighted by atomic mass is 9.61. The number of fused-ring (bicyclic) bond motifs is 4. The molecule has 1 saturated carbocycles. The standard InChI is InChI=1S/C27H29NO2/c1-4-28-23-10-6-5-8-20(23)21-15-18(12-13-24(21)28)14-19-16-27(3)22(17(2)26(19)30)9-7-11-25(27)29/h5-6,8,10,12-15,25,29H,4,7,9,11,16H2,1-3H3/t25-,27-/m0/s1. The SMILES string of the molecule is CCn1c2ccccc2c2cc(C=C3C[C@@]4(C)C(=C(C)C3=O)CCC[C@@H]4O)ccc21. The molecule has 0 unspecified atom stereocenters. The Morgan fingerprint density at radius 1 is 1.17 bits per heavy atom. The summed E-state index contributed by atoms with van der Waals surface area (Å²) in [6.07, 6.45) is 5.00. The molecule has 2 atom stereocenters. The van der Waals surface area contributed by atoms with Gasteiger partial charge in [-0.3, -0.25) is 4.79 Å². The number of rotatable bonds is 2. The minimum atomic E-state index is -0.377. The van der Waals surface area contributed by atoms with Gasteiger partial charge in [-0.25, -0.2) is 0 Å².